The maximum atomic E-state index is 6.07. The molecule has 1 N–H and O–H groups in total. The van der Waals surface area contributed by atoms with Gasteiger partial charge in [-0.1, -0.05) is 32.4 Å². The Hall–Kier alpha value is -1.36. The molecule has 2 aromatic heterocycles. The summed E-state index contributed by atoms with van der Waals surface area (Å²) in [6, 6.07) is 0. The molecule has 0 saturated heterocycles. The zero-order valence-corrected chi connectivity index (χ0v) is 11.2. The fourth-order valence-corrected chi connectivity index (χ4v) is 1.62. The van der Waals surface area contributed by atoms with Crippen LogP contribution in [0.15, 0.2) is 6.33 Å². The van der Waals surface area contributed by atoms with E-state index in [1.54, 1.807) is 4.52 Å². The van der Waals surface area contributed by atoms with E-state index < -0.39 is 0 Å². The van der Waals surface area contributed by atoms with Gasteiger partial charge in [0.1, 0.15) is 17.3 Å². The van der Waals surface area contributed by atoms with Crippen molar-refractivity contribution in [3.05, 3.63) is 17.0 Å². The van der Waals surface area contributed by atoms with E-state index in [-0.39, 0.29) is 5.41 Å². The van der Waals surface area contributed by atoms with Crippen LogP contribution in [0.3, 0.4) is 0 Å². The van der Waals surface area contributed by atoms with Crippen molar-refractivity contribution < 1.29 is 0 Å². The minimum atomic E-state index is 0.176. The minimum Gasteiger partial charge on any atom is -0.369 e. The number of rotatable bonds is 2. The number of nitrogens with zero attached hydrogens (tertiary/aromatic N) is 4. The molecule has 0 aliphatic heterocycles. The van der Waals surface area contributed by atoms with Gasteiger partial charge in [0, 0.05) is 12.1 Å². The fourth-order valence-electron chi connectivity index (χ4n) is 1.45. The molecule has 0 saturated carbocycles. The topological polar surface area (TPSA) is 55.1 Å². The van der Waals surface area contributed by atoms with Gasteiger partial charge in [0.05, 0.1) is 0 Å². The van der Waals surface area contributed by atoms with Crippen LogP contribution in [0.5, 0.6) is 0 Å². The van der Waals surface area contributed by atoms with Crippen LogP contribution in [0, 0.1) is 12.3 Å². The van der Waals surface area contributed by atoms with Gasteiger partial charge in [-0.3, -0.25) is 0 Å². The molecule has 6 heteroatoms. The van der Waals surface area contributed by atoms with Crippen molar-refractivity contribution in [2.75, 3.05) is 11.9 Å². The molecule has 0 fully saturated rings. The van der Waals surface area contributed by atoms with E-state index >= 15 is 0 Å². The second-order valence-electron chi connectivity index (χ2n) is 5.26. The van der Waals surface area contributed by atoms with Gasteiger partial charge in [-0.25, -0.2) is 0 Å². The Morgan fingerprint density at radius 2 is 2.12 bits per heavy atom. The fraction of sp³-hybridized carbons (Fsp3) is 0.545. The third kappa shape index (κ3) is 2.49. The summed E-state index contributed by atoms with van der Waals surface area (Å²) in [5.74, 6) is 1.37. The molecule has 92 valence electrons. The van der Waals surface area contributed by atoms with Crippen LogP contribution in [0.2, 0.25) is 5.15 Å². The molecule has 5 nitrogen and oxygen atoms in total. The summed E-state index contributed by atoms with van der Waals surface area (Å²) < 4.78 is 1.67. The quantitative estimate of drug-likeness (QED) is 0.836. The Bertz CT molecular complexity index is 541. The van der Waals surface area contributed by atoms with Gasteiger partial charge >= 0.3 is 0 Å². The lowest BCUT2D eigenvalue weighted by Crippen LogP contribution is -2.21. The first-order chi connectivity index (χ1) is 7.88. The van der Waals surface area contributed by atoms with Crippen molar-refractivity contribution in [2.45, 2.75) is 27.7 Å². The third-order valence-electron chi connectivity index (χ3n) is 2.39. The monoisotopic (exact) mass is 253 g/mol. The minimum absolute atomic E-state index is 0.176. The predicted molar refractivity (Wildman–Crippen MR) is 68.5 cm³/mol. The van der Waals surface area contributed by atoms with E-state index in [4.69, 9.17) is 11.6 Å². The molecule has 0 aliphatic rings. The third-order valence-corrected chi connectivity index (χ3v) is 2.76. The summed E-state index contributed by atoms with van der Waals surface area (Å²) >= 11 is 6.07. The summed E-state index contributed by atoms with van der Waals surface area (Å²) in [5.41, 5.74) is 1.06. The van der Waals surface area contributed by atoms with E-state index in [9.17, 15) is 0 Å². The van der Waals surface area contributed by atoms with E-state index in [0.29, 0.717) is 10.9 Å². The summed E-state index contributed by atoms with van der Waals surface area (Å²) in [6.45, 7) is 9.23. The van der Waals surface area contributed by atoms with Crippen LogP contribution in [0.4, 0.5) is 5.82 Å². The van der Waals surface area contributed by atoms with Gasteiger partial charge in [0.25, 0.3) is 5.78 Å². The van der Waals surface area contributed by atoms with Gasteiger partial charge in [-0.15, -0.1) is 0 Å². The predicted octanol–water partition coefficient (Wildman–Crippen LogP) is 2.54. The number of halogens is 1. The van der Waals surface area contributed by atoms with Crippen LogP contribution >= 0.6 is 11.6 Å². The molecule has 0 aromatic carbocycles. The smallest absolute Gasteiger partial charge is 0.255 e. The Kier molecular flexibility index (Phi) is 2.95. The number of anilines is 1. The Morgan fingerprint density at radius 3 is 2.76 bits per heavy atom. The highest BCUT2D eigenvalue weighted by molar-refractivity contribution is 6.30. The van der Waals surface area contributed by atoms with E-state index in [1.807, 2.05) is 6.92 Å². The molecule has 0 spiro atoms. The van der Waals surface area contributed by atoms with Crippen molar-refractivity contribution >= 4 is 23.2 Å². The summed E-state index contributed by atoms with van der Waals surface area (Å²) in [6.07, 6.45) is 1.47. The van der Waals surface area contributed by atoms with Crippen molar-refractivity contribution in [3.63, 3.8) is 0 Å². The lowest BCUT2D eigenvalue weighted by atomic mass is 9.97. The maximum Gasteiger partial charge on any atom is 0.255 e. The number of hydrogen-bond acceptors (Lipinski definition) is 4. The summed E-state index contributed by atoms with van der Waals surface area (Å²) in [7, 11) is 0. The second kappa shape index (κ2) is 4.14. The van der Waals surface area contributed by atoms with Crippen LogP contribution in [-0.4, -0.2) is 26.1 Å². The van der Waals surface area contributed by atoms with E-state index in [2.05, 4.69) is 41.2 Å². The molecule has 0 atom stereocenters. The Morgan fingerprint density at radius 1 is 1.41 bits per heavy atom. The molecular formula is C11H16ClN5. The first-order valence-electron chi connectivity index (χ1n) is 5.48. The zero-order chi connectivity index (χ0) is 12.6. The van der Waals surface area contributed by atoms with Gasteiger partial charge in [0.2, 0.25) is 0 Å². The second-order valence-corrected chi connectivity index (χ2v) is 5.62. The number of hydrogen-bond donors (Lipinski definition) is 1. The van der Waals surface area contributed by atoms with Gasteiger partial charge < -0.3 is 5.32 Å². The molecule has 0 bridgehead atoms. The standard InChI is InChI=1S/C11H16ClN5/c1-7-8(12)16-10-14-6-15-17(10)9(7)13-5-11(2,3)4/h6,13H,5H2,1-4H3. The first kappa shape index (κ1) is 12.1. The van der Waals surface area contributed by atoms with Gasteiger partial charge in [0.15, 0.2) is 0 Å². The zero-order valence-electron chi connectivity index (χ0n) is 10.5. The molecule has 0 aliphatic carbocycles. The average Bonchev–Trinajstić information content (AvgIpc) is 2.64. The number of nitrogens with one attached hydrogen (secondary N) is 1. The normalized spacial score (nSPS) is 12.1. The van der Waals surface area contributed by atoms with Gasteiger partial charge in [-0.2, -0.15) is 19.6 Å². The number of fused-ring (bicyclic) bond motifs is 1. The molecule has 2 aromatic rings. The summed E-state index contributed by atoms with van der Waals surface area (Å²) in [5, 5.41) is 7.96. The first-order valence-corrected chi connectivity index (χ1v) is 5.86. The maximum absolute atomic E-state index is 6.07. The highest BCUT2D eigenvalue weighted by atomic mass is 35.5. The highest BCUT2D eigenvalue weighted by Crippen LogP contribution is 2.23. The Balaban J connectivity index is 2.44. The van der Waals surface area contributed by atoms with Crippen molar-refractivity contribution in [1.82, 2.24) is 19.6 Å². The lowest BCUT2D eigenvalue weighted by molar-refractivity contribution is 0.442. The Labute approximate surface area is 105 Å². The van der Waals surface area contributed by atoms with Gasteiger partial charge in [-0.05, 0) is 12.3 Å². The summed E-state index contributed by atoms with van der Waals surface area (Å²) in [4.78, 5) is 8.20. The van der Waals surface area contributed by atoms with Crippen LogP contribution < -0.4 is 5.32 Å². The molecule has 2 rings (SSSR count). The molecular weight excluding hydrogens is 238 g/mol. The lowest BCUT2D eigenvalue weighted by Gasteiger charge is -2.20. The SMILES string of the molecule is Cc1c(Cl)nc2ncnn2c1NCC(C)(C)C. The van der Waals surface area contributed by atoms with Crippen molar-refractivity contribution in [2.24, 2.45) is 5.41 Å². The molecule has 0 unspecified atom stereocenters. The van der Waals surface area contributed by atoms with Crippen molar-refractivity contribution in [3.8, 4) is 0 Å². The van der Waals surface area contributed by atoms with Crippen LogP contribution in [0.1, 0.15) is 26.3 Å². The molecule has 0 radical (unpaired) electrons. The average molecular weight is 254 g/mol. The highest BCUT2D eigenvalue weighted by Gasteiger charge is 2.15. The molecule has 2 heterocycles. The van der Waals surface area contributed by atoms with E-state index in [0.717, 1.165) is 17.9 Å². The largest absolute Gasteiger partial charge is 0.369 e. The van der Waals surface area contributed by atoms with E-state index in [1.165, 1.54) is 6.33 Å². The molecule has 17 heavy (non-hydrogen) atoms. The van der Waals surface area contributed by atoms with Crippen molar-refractivity contribution in [1.29, 1.82) is 0 Å². The van der Waals surface area contributed by atoms with Crippen LogP contribution in [-0.2, 0) is 0 Å². The number of aromatic nitrogens is 4. The molecule has 0 amide bonds. The van der Waals surface area contributed by atoms with Crippen LogP contribution in [0.25, 0.3) is 5.78 Å².